The van der Waals surface area contributed by atoms with Crippen molar-refractivity contribution in [1.29, 1.82) is 0 Å². The third-order valence-corrected chi connectivity index (χ3v) is 3.98. The van der Waals surface area contributed by atoms with Gasteiger partial charge in [0.15, 0.2) is 0 Å². The zero-order valence-electron chi connectivity index (χ0n) is 12.1. The molecule has 1 heterocycles. The van der Waals surface area contributed by atoms with E-state index in [-0.39, 0.29) is 5.92 Å². The Balaban J connectivity index is 2.05. The van der Waals surface area contributed by atoms with Crippen LogP contribution in [0, 0.1) is 18.8 Å². The van der Waals surface area contributed by atoms with Crippen molar-refractivity contribution >= 4 is 5.91 Å². The highest BCUT2D eigenvalue weighted by molar-refractivity contribution is 5.79. The quantitative estimate of drug-likeness (QED) is 0.900. The molecule has 1 aromatic rings. The lowest BCUT2D eigenvalue weighted by Gasteiger charge is -2.26. The van der Waals surface area contributed by atoms with Gasteiger partial charge in [-0.05, 0) is 31.9 Å². The molecule has 2 unspecified atom stereocenters. The zero-order valence-corrected chi connectivity index (χ0v) is 12.1. The topological polar surface area (TPSA) is 32.3 Å². The van der Waals surface area contributed by atoms with Crippen LogP contribution >= 0.6 is 0 Å². The van der Waals surface area contributed by atoms with Crippen LogP contribution in [0.5, 0.6) is 0 Å². The fourth-order valence-electron chi connectivity index (χ4n) is 2.75. The summed E-state index contributed by atoms with van der Waals surface area (Å²) in [4.78, 5) is 14.5. The number of amides is 1. The van der Waals surface area contributed by atoms with Crippen molar-refractivity contribution in [1.82, 2.24) is 10.2 Å². The van der Waals surface area contributed by atoms with Crippen LogP contribution < -0.4 is 5.32 Å². The van der Waals surface area contributed by atoms with Crippen molar-refractivity contribution in [3.63, 3.8) is 0 Å². The van der Waals surface area contributed by atoms with Crippen molar-refractivity contribution in [2.45, 2.75) is 27.3 Å². The Kier molecular flexibility index (Phi) is 4.59. The van der Waals surface area contributed by atoms with E-state index in [1.165, 1.54) is 11.1 Å². The Bertz CT molecular complexity index is 444. The lowest BCUT2D eigenvalue weighted by atomic mass is 9.96. The van der Waals surface area contributed by atoms with Gasteiger partial charge in [-0.15, -0.1) is 0 Å². The first kappa shape index (κ1) is 14.1. The summed E-state index contributed by atoms with van der Waals surface area (Å²) in [5, 5.41) is 3.31. The van der Waals surface area contributed by atoms with Crippen molar-refractivity contribution < 1.29 is 4.79 Å². The Morgan fingerprint density at radius 3 is 2.79 bits per heavy atom. The van der Waals surface area contributed by atoms with Gasteiger partial charge in [0.05, 0.1) is 5.92 Å². The molecular formula is C16H24N2O. The maximum absolute atomic E-state index is 12.6. The molecule has 0 bridgehead atoms. The molecule has 3 nitrogen and oxygen atoms in total. The minimum Gasteiger partial charge on any atom is -0.338 e. The van der Waals surface area contributed by atoms with Crippen LogP contribution in [-0.4, -0.2) is 30.4 Å². The number of nitrogens with one attached hydrogen (secondary N) is 1. The molecule has 3 heteroatoms. The van der Waals surface area contributed by atoms with E-state index < -0.39 is 0 Å². The molecule has 0 aromatic heterocycles. The summed E-state index contributed by atoms with van der Waals surface area (Å²) in [6.07, 6.45) is 0. The molecule has 1 aromatic carbocycles. The van der Waals surface area contributed by atoms with Gasteiger partial charge in [0.1, 0.15) is 0 Å². The lowest BCUT2D eigenvalue weighted by molar-refractivity contribution is -0.136. The first-order valence-corrected chi connectivity index (χ1v) is 7.17. The summed E-state index contributed by atoms with van der Waals surface area (Å²) in [6.45, 7) is 9.58. The van der Waals surface area contributed by atoms with Gasteiger partial charge in [0, 0.05) is 19.6 Å². The van der Waals surface area contributed by atoms with E-state index in [2.05, 4.69) is 50.4 Å². The zero-order chi connectivity index (χ0) is 13.8. The van der Waals surface area contributed by atoms with Crippen molar-refractivity contribution in [2.24, 2.45) is 11.8 Å². The van der Waals surface area contributed by atoms with E-state index in [0.29, 0.717) is 11.8 Å². The molecule has 0 radical (unpaired) electrons. The molecule has 2 rings (SSSR count). The normalized spacial score (nSPS) is 22.5. The highest BCUT2D eigenvalue weighted by atomic mass is 16.2. The number of hydrogen-bond acceptors (Lipinski definition) is 2. The standard InChI is InChI=1S/C16H24N2O/c1-4-18(11-14-7-5-6-12(2)8-14)16(19)15-10-17-9-13(15)3/h5-8,13,15,17H,4,9-11H2,1-3H3. The monoisotopic (exact) mass is 260 g/mol. The van der Waals surface area contributed by atoms with Crippen LogP contribution in [0.15, 0.2) is 24.3 Å². The van der Waals surface area contributed by atoms with Gasteiger partial charge in [-0.1, -0.05) is 36.8 Å². The van der Waals surface area contributed by atoms with Gasteiger partial charge >= 0.3 is 0 Å². The first-order valence-electron chi connectivity index (χ1n) is 7.17. The van der Waals surface area contributed by atoms with E-state index in [1.54, 1.807) is 0 Å². The summed E-state index contributed by atoms with van der Waals surface area (Å²) in [7, 11) is 0. The van der Waals surface area contributed by atoms with E-state index in [4.69, 9.17) is 0 Å². The van der Waals surface area contributed by atoms with Crippen molar-refractivity contribution in [2.75, 3.05) is 19.6 Å². The second-order valence-corrected chi connectivity index (χ2v) is 5.58. The van der Waals surface area contributed by atoms with Gasteiger partial charge in [-0.3, -0.25) is 4.79 Å². The molecule has 0 spiro atoms. The lowest BCUT2D eigenvalue weighted by Crippen LogP contribution is -2.38. The molecule has 1 aliphatic heterocycles. The Morgan fingerprint density at radius 1 is 1.42 bits per heavy atom. The van der Waals surface area contributed by atoms with E-state index in [9.17, 15) is 4.79 Å². The third-order valence-electron chi connectivity index (χ3n) is 3.98. The minimum absolute atomic E-state index is 0.143. The molecule has 0 saturated carbocycles. The van der Waals surface area contributed by atoms with Gasteiger partial charge in [0.2, 0.25) is 5.91 Å². The number of nitrogens with zero attached hydrogens (tertiary/aromatic N) is 1. The van der Waals surface area contributed by atoms with E-state index >= 15 is 0 Å². The largest absolute Gasteiger partial charge is 0.338 e. The van der Waals surface area contributed by atoms with Crippen LogP contribution in [0.2, 0.25) is 0 Å². The molecule has 104 valence electrons. The maximum Gasteiger partial charge on any atom is 0.227 e. The number of aryl methyl sites for hydroxylation is 1. The molecule has 1 aliphatic rings. The molecule has 1 amide bonds. The van der Waals surface area contributed by atoms with Crippen LogP contribution in [0.25, 0.3) is 0 Å². The molecule has 1 saturated heterocycles. The molecule has 1 fully saturated rings. The number of carbonyl (C=O) groups is 1. The molecular weight excluding hydrogens is 236 g/mol. The first-order chi connectivity index (χ1) is 9.11. The highest BCUT2D eigenvalue weighted by Gasteiger charge is 2.32. The number of hydrogen-bond donors (Lipinski definition) is 1. The summed E-state index contributed by atoms with van der Waals surface area (Å²) in [5.41, 5.74) is 2.46. The van der Waals surface area contributed by atoms with Gasteiger partial charge in [0.25, 0.3) is 0 Å². The molecule has 1 N–H and O–H groups in total. The number of benzene rings is 1. The minimum atomic E-state index is 0.143. The Hall–Kier alpha value is -1.35. The Morgan fingerprint density at radius 2 is 2.21 bits per heavy atom. The summed E-state index contributed by atoms with van der Waals surface area (Å²) >= 11 is 0. The Labute approximate surface area is 116 Å². The molecule has 2 atom stereocenters. The molecule has 0 aliphatic carbocycles. The highest BCUT2D eigenvalue weighted by Crippen LogP contribution is 2.20. The van der Waals surface area contributed by atoms with Crippen LogP contribution in [0.1, 0.15) is 25.0 Å². The average Bonchev–Trinajstić information content (AvgIpc) is 2.81. The van der Waals surface area contributed by atoms with Crippen molar-refractivity contribution in [3.05, 3.63) is 35.4 Å². The second kappa shape index (κ2) is 6.20. The van der Waals surface area contributed by atoms with Crippen LogP contribution in [-0.2, 0) is 11.3 Å². The van der Waals surface area contributed by atoms with Gasteiger partial charge in [-0.25, -0.2) is 0 Å². The van der Waals surface area contributed by atoms with Crippen molar-refractivity contribution in [3.8, 4) is 0 Å². The van der Waals surface area contributed by atoms with E-state index in [1.807, 2.05) is 4.90 Å². The summed E-state index contributed by atoms with van der Waals surface area (Å²) < 4.78 is 0. The van der Waals surface area contributed by atoms with Gasteiger partial charge in [-0.2, -0.15) is 0 Å². The molecule has 19 heavy (non-hydrogen) atoms. The smallest absolute Gasteiger partial charge is 0.227 e. The SMILES string of the molecule is CCN(Cc1cccc(C)c1)C(=O)C1CNCC1C. The predicted octanol–water partition coefficient (Wildman–Crippen LogP) is 2.20. The van der Waals surface area contributed by atoms with Crippen LogP contribution in [0.3, 0.4) is 0 Å². The summed E-state index contributed by atoms with van der Waals surface area (Å²) in [5.74, 6) is 0.880. The maximum atomic E-state index is 12.6. The van der Waals surface area contributed by atoms with E-state index in [0.717, 1.165) is 26.2 Å². The third kappa shape index (κ3) is 3.35. The number of rotatable bonds is 4. The predicted molar refractivity (Wildman–Crippen MR) is 77.8 cm³/mol. The average molecular weight is 260 g/mol. The fourth-order valence-corrected chi connectivity index (χ4v) is 2.75. The van der Waals surface area contributed by atoms with Gasteiger partial charge < -0.3 is 10.2 Å². The fraction of sp³-hybridized carbons (Fsp3) is 0.562. The second-order valence-electron chi connectivity index (χ2n) is 5.58. The van der Waals surface area contributed by atoms with Crippen LogP contribution in [0.4, 0.5) is 0 Å². The summed E-state index contributed by atoms with van der Waals surface area (Å²) in [6, 6.07) is 8.40. The number of carbonyl (C=O) groups excluding carboxylic acids is 1.